The number of ether oxygens (including phenoxy) is 2. The van der Waals surface area contributed by atoms with E-state index in [0.29, 0.717) is 5.69 Å². The fourth-order valence-electron chi connectivity index (χ4n) is 6.21. The molecule has 60 heavy (non-hydrogen) atoms. The topological polar surface area (TPSA) is 415 Å². The molecule has 0 saturated carbocycles. The van der Waals surface area contributed by atoms with E-state index in [9.17, 15) is 53.6 Å². The summed E-state index contributed by atoms with van der Waals surface area (Å²) >= 11 is 0. The predicted octanol–water partition coefficient (Wildman–Crippen LogP) is -3.17. The van der Waals surface area contributed by atoms with Gasteiger partial charge in [-0.3, -0.25) is 32.6 Å². The van der Waals surface area contributed by atoms with Crippen molar-refractivity contribution in [3.8, 4) is 0 Å². The van der Waals surface area contributed by atoms with Crippen molar-refractivity contribution in [1.29, 1.82) is 0 Å². The number of H-pyrrole nitrogens is 1. The highest BCUT2D eigenvalue weighted by atomic mass is 31.3. The summed E-state index contributed by atoms with van der Waals surface area (Å²) in [6.45, 7) is -1.93. The molecule has 0 aromatic carbocycles. The summed E-state index contributed by atoms with van der Waals surface area (Å²) in [5.41, 5.74) is 6.04. The van der Waals surface area contributed by atoms with Crippen molar-refractivity contribution in [2.45, 2.75) is 49.1 Å². The molecule has 5 aromatic rings. The summed E-state index contributed by atoms with van der Waals surface area (Å²) in [4.78, 5) is 62.1. The Balaban J connectivity index is 0.938. The molecule has 2 aliphatic heterocycles. The lowest BCUT2D eigenvalue weighted by Crippen LogP contribution is -2.46. The van der Waals surface area contributed by atoms with Crippen molar-refractivity contribution in [3.05, 3.63) is 47.3 Å². The SMILES string of the molecule is Cn1cc(/C=C/CNc2nc3c(c(=O)[nH]2)n(C)c[n+]3[C@@H]2O[C@H](COP(=O)(O)OP(=O)(O)OP(=O)(O)OC[C@H]3O[C@@H](n4cnc5c(N)ncnc54)[C@@H](O)C3O)[C@H](O)C2O)nn1. The van der Waals surface area contributed by atoms with Crippen LogP contribution < -0.4 is 21.2 Å². The van der Waals surface area contributed by atoms with Crippen molar-refractivity contribution in [2.75, 3.05) is 30.8 Å². The molecule has 0 bridgehead atoms. The van der Waals surface area contributed by atoms with E-state index in [-0.39, 0.29) is 40.6 Å². The summed E-state index contributed by atoms with van der Waals surface area (Å²) < 4.78 is 71.9. The second-order valence-electron chi connectivity index (χ2n) is 13.2. The van der Waals surface area contributed by atoms with Gasteiger partial charge in [-0.05, 0) is 6.08 Å². The van der Waals surface area contributed by atoms with Gasteiger partial charge < -0.3 is 55.6 Å². The van der Waals surface area contributed by atoms with E-state index in [0.717, 1.165) is 6.33 Å². The van der Waals surface area contributed by atoms with Crippen molar-refractivity contribution >= 4 is 63.6 Å². The lowest BCUT2D eigenvalue weighted by molar-refractivity contribution is -0.745. The standard InChI is InChI=1S/C27H36N13O17P3/c1-37-11-40(23-16(37)24(45)34-27(33-23)29-5-3-4-12-6-38(2)36-35-12)26-20(44)18(42)14(55-26)8-53-59(48,49)57-60(50,51)56-58(46,47)52-7-13-17(41)19(43)25(54-13)39-10-32-15-21(28)30-9-31-22(15)39/h3-4,6,9-11,13-14,17-20,25-26,41-44H,5,7-8H2,1-2H3,(H6-,28,29,30,31,33,34,45,46,47,48,49,50,51)/p+1/b4-3+/t13-,14-,17?,18+,19+,20?,25-,26-/m1/s1. The van der Waals surface area contributed by atoms with Crippen LogP contribution in [-0.4, -0.2) is 141 Å². The number of imidazole rings is 2. The minimum atomic E-state index is -6.00. The largest absolute Gasteiger partial charge is 0.490 e. The van der Waals surface area contributed by atoms with E-state index in [1.165, 1.54) is 38.1 Å². The maximum atomic E-state index is 13.0. The van der Waals surface area contributed by atoms with Crippen LogP contribution in [0, 0.1) is 0 Å². The normalized spacial score (nSPS) is 27.8. The quantitative estimate of drug-likeness (QED) is 0.0345. The van der Waals surface area contributed by atoms with Crippen LogP contribution in [0.2, 0.25) is 0 Å². The number of nitrogens with two attached hydrogens (primary N) is 1. The number of aryl methyl sites for hydroxylation is 2. The molecule has 2 aliphatic rings. The van der Waals surface area contributed by atoms with Gasteiger partial charge in [0, 0.05) is 13.6 Å². The number of phosphoric ester groups is 2. The van der Waals surface area contributed by atoms with E-state index in [1.807, 2.05) is 0 Å². The number of anilines is 2. The third-order valence-electron chi connectivity index (χ3n) is 8.89. The first-order valence-corrected chi connectivity index (χ1v) is 21.6. The third-order valence-corrected chi connectivity index (χ3v) is 13.1. The lowest BCUT2D eigenvalue weighted by Gasteiger charge is -2.21. The molecule has 0 radical (unpaired) electrons. The monoisotopic (exact) mass is 908 g/mol. The van der Waals surface area contributed by atoms with Crippen LogP contribution in [0.1, 0.15) is 18.1 Å². The third kappa shape index (κ3) is 9.23. The number of aromatic nitrogens is 11. The van der Waals surface area contributed by atoms with E-state index in [1.54, 1.807) is 25.4 Å². The lowest BCUT2D eigenvalue weighted by atomic mass is 10.1. The zero-order valence-corrected chi connectivity index (χ0v) is 33.5. The number of aliphatic hydroxyl groups is 4. The zero-order chi connectivity index (χ0) is 43.3. The van der Waals surface area contributed by atoms with Crippen LogP contribution in [0.5, 0.6) is 0 Å². The average Bonchev–Trinajstić information content (AvgIpc) is 3.97. The minimum Gasteiger partial charge on any atom is -0.387 e. The first-order valence-electron chi connectivity index (χ1n) is 17.2. The maximum Gasteiger partial charge on any atom is 0.490 e. The molecular formula is C27H37N13O17P3+. The highest BCUT2D eigenvalue weighted by Gasteiger charge is 2.50. The minimum absolute atomic E-state index is 0.00720. The molecule has 0 amide bonds. The Hall–Kier alpha value is -4.45. The number of nitrogens with zero attached hydrogens (tertiary/aromatic N) is 10. The Morgan fingerprint density at radius 3 is 2.28 bits per heavy atom. The second-order valence-corrected chi connectivity index (χ2v) is 17.8. The van der Waals surface area contributed by atoms with Gasteiger partial charge in [0.2, 0.25) is 11.7 Å². The first-order chi connectivity index (χ1) is 28.2. The van der Waals surface area contributed by atoms with Crippen molar-refractivity contribution in [3.63, 3.8) is 0 Å². The molecule has 5 aromatic heterocycles. The van der Waals surface area contributed by atoms with E-state index in [2.05, 4.69) is 53.7 Å². The Labute approximate surface area is 334 Å². The van der Waals surface area contributed by atoms with E-state index < -0.39 is 91.3 Å². The van der Waals surface area contributed by atoms with Gasteiger partial charge in [0.25, 0.3) is 11.5 Å². The molecule has 2 saturated heterocycles. The molecule has 5 unspecified atom stereocenters. The molecule has 30 nitrogen and oxygen atoms in total. The van der Waals surface area contributed by atoms with Crippen LogP contribution in [0.4, 0.5) is 11.8 Å². The fraction of sp³-hybridized carbons (Fsp3) is 0.481. The van der Waals surface area contributed by atoms with E-state index in [4.69, 9.17) is 19.7 Å². The van der Waals surface area contributed by atoms with Gasteiger partial charge in [-0.1, -0.05) is 16.3 Å². The number of phosphoric acid groups is 3. The van der Waals surface area contributed by atoms with Crippen molar-refractivity contribution < 1.29 is 80.5 Å². The van der Waals surface area contributed by atoms with Crippen molar-refractivity contribution in [2.24, 2.45) is 14.1 Å². The van der Waals surface area contributed by atoms with Crippen LogP contribution in [0.25, 0.3) is 28.4 Å². The molecule has 326 valence electrons. The van der Waals surface area contributed by atoms with Gasteiger partial charge in [0.1, 0.15) is 54.2 Å². The van der Waals surface area contributed by atoms with Gasteiger partial charge in [-0.2, -0.15) is 8.62 Å². The molecule has 2 fully saturated rings. The molecule has 7 heterocycles. The van der Waals surface area contributed by atoms with E-state index >= 15 is 0 Å². The van der Waals surface area contributed by atoms with Gasteiger partial charge in [-0.15, -0.1) is 5.10 Å². The summed E-state index contributed by atoms with van der Waals surface area (Å²) in [5.74, 6) is 0.0299. The number of fused-ring (bicyclic) bond motifs is 2. The Morgan fingerprint density at radius 2 is 1.62 bits per heavy atom. The molecule has 0 aliphatic carbocycles. The van der Waals surface area contributed by atoms with Crippen LogP contribution in [-0.2, 0) is 54.9 Å². The maximum absolute atomic E-state index is 13.0. The Morgan fingerprint density at radius 1 is 0.950 bits per heavy atom. The van der Waals surface area contributed by atoms with Gasteiger partial charge >= 0.3 is 29.1 Å². The van der Waals surface area contributed by atoms with Gasteiger partial charge in [-0.25, -0.2) is 33.2 Å². The number of nitrogens with one attached hydrogen (secondary N) is 2. The number of hydrogen-bond acceptors (Lipinski definition) is 22. The fourth-order valence-corrected chi connectivity index (χ4v) is 9.73. The number of nitrogen functional groups attached to an aromatic ring is 1. The van der Waals surface area contributed by atoms with Crippen LogP contribution in [0.15, 0.2) is 36.0 Å². The summed E-state index contributed by atoms with van der Waals surface area (Å²) in [7, 11) is -14.2. The average molecular weight is 909 g/mol. The highest BCUT2D eigenvalue weighted by molar-refractivity contribution is 7.66. The number of rotatable bonds is 16. The number of aliphatic hydroxyl groups excluding tert-OH is 4. The summed E-state index contributed by atoms with van der Waals surface area (Å²) in [6, 6.07) is 0. The first kappa shape index (κ1) is 43.6. The number of hydrogen-bond donors (Lipinski definition) is 10. The van der Waals surface area contributed by atoms with Gasteiger partial charge in [0.05, 0.1) is 32.8 Å². The molecular weight excluding hydrogens is 871 g/mol. The second kappa shape index (κ2) is 16.8. The number of aromatic amines is 1. The summed E-state index contributed by atoms with van der Waals surface area (Å²) in [6.07, 6.45) is -4.35. The molecule has 33 heteroatoms. The van der Waals surface area contributed by atoms with Gasteiger partial charge in [0.15, 0.2) is 24.0 Å². The zero-order valence-electron chi connectivity index (χ0n) is 30.8. The summed E-state index contributed by atoms with van der Waals surface area (Å²) in [5, 5.41) is 53.3. The van der Waals surface area contributed by atoms with Crippen LogP contribution >= 0.6 is 23.5 Å². The molecule has 0 spiro atoms. The highest BCUT2D eigenvalue weighted by Crippen LogP contribution is 2.67. The molecule has 11 atom stereocenters. The Kier molecular flexibility index (Phi) is 12.2. The Bertz CT molecular complexity index is 2620. The van der Waals surface area contributed by atoms with Crippen molar-refractivity contribution in [1.82, 2.24) is 49.0 Å². The predicted molar refractivity (Wildman–Crippen MR) is 195 cm³/mol. The smallest absolute Gasteiger partial charge is 0.387 e. The molecule has 11 N–H and O–H groups in total. The molecule has 7 rings (SSSR count). The van der Waals surface area contributed by atoms with Crippen LogP contribution in [0.3, 0.4) is 0 Å².